The Hall–Kier alpha value is -3.23. The molecular weight excluding hydrogens is 380 g/mol. The second-order valence-corrected chi connectivity index (χ2v) is 7.13. The Morgan fingerprint density at radius 1 is 0.933 bits per heavy atom. The van der Waals surface area contributed by atoms with Crippen molar-refractivity contribution >= 4 is 6.03 Å². The van der Waals surface area contributed by atoms with Gasteiger partial charge in [-0.2, -0.15) is 5.10 Å². The van der Waals surface area contributed by atoms with Crippen LogP contribution in [0, 0.1) is 0 Å². The van der Waals surface area contributed by atoms with Gasteiger partial charge >= 0.3 is 6.03 Å². The number of hydrogen-bond donors (Lipinski definition) is 2. The number of rotatable bonds is 7. The molecule has 1 aliphatic heterocycles. The molecule has 156 valence electrons. The Labute approximate surface area is 175 Å². The predicted octanol–water partition coefficient (Wildman–Crippen LogP) is 2.10. The van der Waals surface area contributed by atoms with Crippen molar-refractivity contribution in [3.63, 3.8) is 0 Å². The SMILES string of the molecule is O=C(NCc1ccccc1CN1CCOCC1)NCc1cccnc1-n1cccn1. The molecule has 3 heterocycles. The number of carbonyl (C=O) groups is 1. The van der Waals surface area contributed by atoms with E-state index in [1.54, 1.807) is 17.1 Å². The van der Waals surface area contributed by atoms with Crippen LogP contribution in [0.4, 0.5) is 4.79 Å². The quantitative estimate of drug-likeness (QED) is 0.628. The first-order valence-electron chi connectivity index (χ1n) is 10.1. The first-order chi connectivity index (χ1) is 14.8. The van der Waals surface area contributed by atoms with Gasteiger partial charge < -0.3 is 15.4 Å². The molecule has 1 saturated heterocycles. The van der Waals surface area contributed by atoms with Crippen molar-refractivity contribution in [3.05, 3.63) is 77.7 Å². The van der Waals surface area contributed by atoms with Crippen LogP contribution in [0.2, 0.25) is 0 Å². The molecule has 0 bridgehead atoms. The van der Waals surface area contributed by atoms with Gasteiger partial charge in [-0.25, -0.2) is 14.5 Å². The van der Waals surface area contributed by atoms with E-state index in [1.165, 1.54) is 5.56 Å². The van der Waals surface area contributed by atoms with Crippen molar-refractivity contribution in [1.82, 2.24) is 30.3 Å². The maximum absolute atomic E-state index is 12.4. The number of benzene rings is 1. The van der Waals surface area contributed by atoms with Gasteiger partial charge in [0, 0.05) is 56.9 Å². The van der Waals surface area contributed by atoms with E-state index in [9.17, 15) is 4.79 Å². The normalized spacial score (nSPS) is 14.4. The Balaban J connectivity index is 1.32. The molecule has 0 radical (unpaired) electrons. The lowest BCUT2D eigenvalue weighted by atomic mass is 10.1. The maximum atomic E-state index is 12.4. The molecule has 30 heavy (non-hydrogen) atoms. The first kappa shape index (κ1) is 20.1. The summed E-state index contributed by atoms with van der Waals surface area (Å²) >= 11 is 0. The van der Waals surface area contributed by atoms with E-state index in [-0.39, 0.29) is 6.03 Å². The average molecular weight is 406 g/mol. The molecule has 3 aromatic rings. The van der Waals surface area contributed by atoms with E-state index in [0.29, 0.717) is 18.9 Å². The Bertz CT molecular complexity index is 954. The van der Waals surface area contributed by atoms with Gasteiger partial charge in [0.05, 0.1) is 13.2 Å². The smallest absolute Gasteiger partial charge is 0.315 e. The summed E-state index contributed by atoms with van der Waals surface area (Å²) in [6, 6.07) is 13.6. The minimum atomic E-state index is -0.216. The van der Waals surface area contributed by atoms with Crippen LogP contribution in [-0.4, -0.2) is 52.0 Å². The van der Waals surface area contributed by atoms with E-state index in [2.05, 4.69) is 37.7 Å². The van der Waals surface area contributed by atoms with Crippen LogP contribution in [0.15, 0.2) is 61.1 Å². The summed E-state index contributed by atoms with van der Waals surface area (Å²) in [7, 11) is 0. The molecule has 1 aromatic carbocycles. The third-order valence-corrected chi connectivity index (χ3v) is 5.08. The van der Waals surface area contributed by atoms with E-state index >= 15 is 0 Å². The van der Waals surface area contributed by atoms with Gasteiger partial charge in [0.25, 0.3) is 0 Å². The van der Waals surface area contributed by atoms with E-state index in [0.717, 1.165) is 44.0 Å². The standard InChI is InChI=1S/C22H26N6O2/c29-22(25-16-19-7-3-8-23-21(19)28-10-4-9-26-28)24-15-18-5-1-2-6-20(18)17-27-11-13-30-14-12-27/h1-10H,11-17H2,(H2,24,25,29). The van der Waals surface area contributed by atoms with E-state index in [1.807, 2.05) is 36.5 Å². The number of urea groups is 1. The van der Waals surface area contributed by atoms with Crippen molar-refractivity contribution in [1.29, 1.82) is 0 Å². The van der Waals surface area contributed by atoms with Gasteiger partial charge in [0.15, 0.2) is 5.82 Å². The molecule has 1 aliphatic rings. The second kappa shape index (κ2) is 10.00. The molecule has 8 nitrogen and oxygen atoms in total. The van der Waals surface area contributed by atoms with Gasteiger partial charge in [-0.15, -0.1) is 0 Å². The largest absolute Gasteiger partial charge is 0.379 e. The molecule has 8 heteroatoms. The summed E-state index contributed by atoms with van der Waals surface area (Å²) < 4.78 is 7.12. The lowest BCUT2D eigenvalue weighted by Crippen LogP contribution is -2.37. The van der Waals surface area contributed by atoms with Gasteiger partial charge in [-0.05, 0) is 23.3 Å². The maximum Gasteiger partial charge on any atom is 0.315 e. The summed E-state index contributed by atoms with van der Waals surface area (Å²) in [4.78, 5) is 19.1. The summed E-state index contributed by atoms with van der Waals surface area (Å²) in [5.41, 5.74) is 3.25. The van der Waals surface area contributed by atoms with Crippen LogP contribution in [0.3, 0.4) is 0 Å². The van der Waals surface area contributed by atoms with Crippen molar-refractivity contribution in [2.45, 2.75) is 19.6 Å². The number of amides is 2. The Kier molecular flexibility index (Phi) is 6.68. The lowest BCUT2D eigenvalue weighted by Gasteiger charge is -2.27. The fourth-order valence-corrected chi connectivity index (χ4v) is 3.47. The molecule has 1 fully saturated rings. The minimum absolute atomic E-state index is 0.216. The number of morpholine rings is 1. The number of nitrogens with zero attached hydrogens (tertiary/aromatic N) is 4. The number of carbonyl (C=O) groups excluding carboxylic acids is 1. The van der Waals surface area contributed by atoms with E-state index in [4.69, 9.17) is 4.74 Å². The molecule has 0 unspecified atom stereocenters. The van der Waals surface area contributed by atoms with Gasteiger partial charge in [-0.3, -0.25) is 4.90 Å². The molecule has 2 amide bonds. The average Bonchev–Trinajstić information content (AvgIpc) is 3.33. The highest BCUT2D eigenvalue weighted by atomic mass is 16.5. The highest BCUT2D eigenvalue weighted by Crippen LogP contribution is 2.13. The van der Waals surface area contributed by atoms with Crippen molar-refractivity contribution in [3.8, 4) is 5.82 Å². The van der Waals surface area contributed by atoms with Gasteiger partial charge in [0.1, 0.15) is 0 Å². The molecule has 2 aromatic heterocycles. The summed E-state index contributed by atoms with van der Waals surface area (Å²) in [5.74, 6) is 0.707. The molecule has 2 N–H and O–H groups in total. The Morgan fingerprint density at radius 3 is 2.43 bits per heavy atom. The zero-order valence-corrected chi connectivity index (χ0v) is 16.8. The van der Waals surface area contributed by atoms with Crippen LogP contribution in [0.25, 0.3) is 5.82 Å². The molecule has 4 rings (SSSR count). The zero-order chi connectivity index (χ0) is 20.6. The number of pyridine rings is 1. The summed E-state index contributed by atoms with van der Waals surface area (Å²) in [5, 5.41) is 10.1. The molecular formula is C22H26N6O2. The van der Waals surface area contributed by atoms with E-state index < -0.39 is 0 Å². The number of ether oxygens (including phenoxy) is 1. The fraction of sp³-hybridized carbons (Fsp3) is 0.318. The van der Waals surface area contributed by atoms with Crippen LogP contribution in [0.5, 0.6) is 0 Å². The third kappa shape index (κ3) is 5.22. The predicted molar refractivity (Wildman–Crippen MR) is 113 cm³/mol. The van der Waals surface area contributed by atoms with Gasteiger partial charge in [-0.1, -0.05) is 30.3 Å². The fourth-order valence-electron chi connectivity index (χ4n) is 3.47. The van der Waals surface area contributed by atoms with Crippen molar-refractivity contribution < 1.29 is 9.53 Å². The zero-order valence-electron chi connectivity index (χ0n) is 16.8. The Morgan fingerprint density at radius 2 is 1.67 bits per heavy atom. The van der Waals surface area contributed by atoms with Crippen molar-refractivity contribution in [2.24, 2.45) is 0 Å². The lowest BCUT2D eigenvalue weighted by molar-refractivity contribution is 0.0341. The first-order valence-corrected chi connectivity index (χ1v) is 10.1. The van der Waals surface area contributed by atoms with Gasteiger partial charge in [0.2, 0.25) is 0 Å². The number of aromatic nitrogens is 3. The number of hydrogen-bond acceptors (Lipinski definition) is 5. The molecule has 0 spiro atoms. The highest BCUT2D eigenvalue weighted by molar-refractivity contribution is 5.74. The molecule has 0 aliphatic carbocycles. The van der Waals surface area contributed by atoms with Crippen LogP contribution in [-0.2, 0) is 24.4 Å². The number of nitrogens with one attached hydrogen (secondary N) is 2. The van der Waals surface area contributed by atoms with Crippen LogP contribution in [0.1, 0.15) is 16.7 Å². The molecule has 0 atom stereocenters. The second-order valence-electron chi connectivity index (χ2n) is 7.13. The third-order valence-electron chi connectivity index (χ3n) is 5.08. The van der Waals surface area contributed by atoms with Crippen LogP contribution >= 0.6 is 0 Å². The topological polar surface area (TPSA) is 84.3 Å². The molecule has 0 saturated carbocycles. The minimum Gasteiger partial charge on any atom is -0.379 e. The monoisotopic (exact) mass is 406 g/mol. The van der Waals surface area contributed by atoms with Crippen molar-refractivity contribution in [2.75, 3.05) is 26.3 Å². The van der Waals surface area contributed by atoms with Crippen LogP contribution < -0.4 is 10.6 Å². The highest BCUT2D eigenvalue weighted by Gasteiger charge is 2.13. The summed E-state index contributed by atoms with van der Waals surface area (Å²) in [6.07, 6.45) is 5.25. The summed E-state index contributed by atoms with van der Waals surface area (Å²) in [6.45, 7) is 5.13.